The van der Waals surface area contributed by atoms with E-state index >= 15 is 0 Å². The Balaban J connectivity index is 1.59. The smallest absolute Gasteiger partial charge is 0.236 e. The number of hydrogen-bond donors (Lipinski definition) is 0. The van der Waals surface area contributed by atoms with Crippen molar-refractivity contribution in [3.63, 3.8) is 0 Å². The van der Waals surface area contributed by atoms with Crippen LogP contribution in [0.3, 0.4) is 0 Å². The number of aromatic nitrogens is 2. The van der Waals surface area contributed by atoms with Gasteiger partial charge >= 0.3 is 0 Å². The topological polar surface area (TPSA) is 60.6 Å². The summed E-state index contributed by atoms with van der Waals surface area (Å²) in [5, 5.41) is 3.97. The van der Waals surface area contributed by atoms with Crippen LogP contribution in [0.1, 0.15) is 24.6 Å². The van der Waals surface area contributed by atoms with E-state index in [0.29, 0.717) is 24.4 Å². The number of ether oxygens (including phenoxy) is 2. The molecule has 0 unspecified atom stereocenters. The van der Waals surface area contributed by atoms with E-state index in [2.05, 4.69) is 15.0 Å². The molecule has 0 aromatic carbocycles. The Hall–Kier alpha value is -0.980. The lowest BCUT2D eigenvalue weighted by Crippen LogP contribution is -2.41. The van der Waals surface area contributed by atoms with Gasteiger partial charge in [0, 0.05) is 38.3 Å². The molecule has 110 valence electrons. The van der Waals surface area contributed by atoms with E-state index in [4.69, 9.17) is 14.0 Å². The van der Waals surface area contributed by atoms with Crippen LogP contribution in [0.4, 0.5) is 0 Å². The van der Waals surface area contributed by atoms with Gasteiger partial charge in [-0.05, 0) is 19.8 Å². The molecular formula is C14H21N3O3. The SMILES string of the molecule is Cc1noc([C@]23COC[C@H]2CN(C2CCOCC2)C3)n1. The lowest BCUT2D eigenvalue weighted by molar-refractivity contribution is 0.0331. The first-order valence-corrected chi connectivity index (χ1v) is 7.48. The van der Waals surface area contributed by atoms with Gasteiger partial charge in [-0.25, -0.2) is 0 Å². The first-order chi connectivity index (χ1) is 9.78. The highest BCUT2D eigenvalue weighted by molar-refractivity contribution is 5.17. The van der Waals surface area contributed by atoms with E-state index in [1.54, 1.807) is 0 Å². The molecule has 4 rings (SSSR count). The summed E-state index contributed by atoms with van der Waals surface area (Å²) in [7, 11) is 0. The van der Waals surface area contributed by atoms with Crippen molar-refractivity contribution in [3.05, 3.63) is 11.7 Å². The van der Waals surface area contributed by atoms with Crippen molar-refractivity contribution in [1.82, 2.24) is 15.0 Å². The molecule has 0 bridgehead atoms. The molecule has 0 spiro atoms. The van der Waals surface area contributed by atoms with Crippen LogP contribution < -0.4 is 0 Å². The molecule has 3 fully saturated rings. The zero-order valence-electron chi connectivity index (χ0n) is 11.9. The average molecular weight is 279 g/mol. The Morgan fingerprint density at radius 3 is 2.85 bits per heavy atom. The van der Waals surface area contributed by atoms with Gasteiger partial charge in [-0.3, -0.25) is 4.90 Å². The zero-order valence-corrected chi connectivity index (χ0v) is 11.9. The molecule has 4 heterocycles. The first-order valence-electron chi connectivity index (χ1n) is 7.48. The van der Waals surface area contributed by atoms with Crippen molar-refractivity contribution in [2.45, 2.75) is 31.2 Å². The molecule has 3 aliphatic heterocycles. The second-order valence-electron chi connectivity index (χ2n) is 6.29. The third-order valence-electron chi connectivity index (χ3n) is 5.06. The van der Waals surface area contributed by atoms with Gasteiger partial charge in [-0.1, -0.05) is 5.16 Å². The van der Waals surface area contributed by atoms with E-state index in [1.807, 2.05) is 6.92 Å². The lowest BCUT2D eigenvalue weighted by atomic mass is 9.81. The van der Waals surface area contributed by atoms with E-state index in [-0.39, 0.29) is 5.41 Å². The van der Waals surface area contributed by atoms with Crippen molar-refractivity contribution < 1.29 is 14.0 Å². The van der Waals surface area contributed by atoms with Gasteiger partial charge in [0.05, 0.1) is 18.6 Å². The molecule has 0 saturated carbocycles. The second kappa shape index (κ2) is 4.79. The summed E-state index contributed by atoms with van der Waals surface area (Å²) >= 11 is 0. The summed E-state index contributed by atoms with van der Waals surface area (Å²) in [6, 6.07) is 0.634. The fourth-order valence-electron chi connectivity index (χ4n) is 3.90. The highest BCUT2D eigenvalue weighted by atomic mass is 16.5. The molecule has 6 heteroatoms. The number of likely N-dealkylation sites (tertiary alicyclic amines) is 1. The minimum absolute atomic E-state index is 0.0838. The van der Waals surface area contributed by atoms with E-state index in [1.165, 1.54) is 0 Å². The summed E-state index contributed by atoms with van der Waals surface area (Å²) in [6.07, 6.45) is 2.26. The third kappa shape index (κ3) is 1.89. The highest BCUT2D eigenvalue weighted by Crippen LogP contribution is 2.44. The van der Waals surface area contributed by atoms with E-state index < -0.39 is 0 Å². The van der Waals surface area contributed by atoms with Gasteiger partial charge < -0.3 is 14.0 Å². The summed E-state index contributed by atoms with van der Waals surface area (Å²) in [6.45, 7) is 7.21. The van der Waals surface area contributed by atoms with Crippen LogP contribution >= 0.6 is 0 Å². The Bertz CT molecular complexity index is 486. The Labute approximate surface area is 118 Å². The molecule has 2 atom stereocenters. The maximum Gasteiger partial charge on any atom is 0.236 e. The summed E-state index contributed by atoms with van der Waals surface area (Å²) in [5.41, 5.74) is -0.0838. The molecular weight excluding hydrogens is 258 g/mol. The van der Waals surface area contributed by atoms with Crippen molar-refractivity contribution in [2.24, 2.45) is 5.92 Å². The predicted octanol–water partition coefficient (Wildman–Crippen LogP) is 0.757. The fraction of sp³-hybridized carbons (Fsp3) is 0.857. The quantitative estimate of drug-likeness (QED) is 0.796. The normalized spacial score (nSPS) is 35.5. The number of hydrogen-bond acceptors (Lipinski definition) is 6. The van der Waals surface area contributed by atoms with E-state index in [0.717, 1.165) is 51.6 Å². The van der Waals surface area contributed by atoms with Crippen LogP contribution in [-0.2, 0) is 14.9 Å². The molecule has 0 radical (unpaired) electrons. The fourth-order valence-corrected chi connectivity index (χ4v) is 3.90. The Morgan fingerprint density at radius 2 is 2.10 bits per heavy atom. The van der Waals surface area contributed by atoms with Crippen LogP contribution in [0, 0.1) is 12.8 Å². The van der Waals surface area contributed by atoms with Crippen molar-refractivity contribution in [3.8, 4) is 0 Å². The van der Waals surface area contributed by atoms with Crippen molar-refractivity contribution in [2.75, 3.05) is 39.5 Å². The van der Waals surface area contributed by atoms with Crippen LogP contribution in [0.2, 0.25) is 0 Å². The monoisotopic (exact) mass is 279 g/mol. The third-order valence-corrected chi connectivity index (χ3v) is 5.06. The van der Waals surface area contributed by atoms with Crippen LogP contribution in [0.15, 0.2) is 4.52 Å². The van der Waals surface area contributed by atoms with E-state index in [9.17, 15) is 0 Å². The van der Waals surface area contributed by atoms with Crippen LogP contribution in [0.5, 0.6) is 0 Å². The molecule has 3 aliphatic rings. The first kappa shape index (κ1) is 12.7. The van der Waals surface area contributed by atoms with Gasteiger partial charge in [0.2, 0.25) is 5.89 Å². The van der Waals surface area contributed by atoms with Crippen molar-refractivity contribution in [1.29, 1.82) is 0 Å². The second-order valence-corrected chi connectivity index (χ2v) is 6.29. The maximum atomic E-state index is 5.74. The summed E-state index contributed by atoms with van der Waals surface area (Å²) in [4.78, 5) is 7.09. The molecule has 0 N–H and O–H groups in total. The molecule has 0 amide bonds. The van der Waals surface area contributed by atoms with Crippen molar-refractivity contribution >= 4 is 0 Å². The highest BCUT2D eigenvalue weighted by Gasteiger charge is 2.56. The standard InChI is InChI=1S/C14H21N3O3/c1-10-15-13(20-16-10)14-8-17(6-11(14)7-19-9-14)12-2-4-18-5-3-12/h11-12H,2-9H2,1H3/t11-,14-/m1/s1. The van der Waals surface area contributed by atoms with Gasteiger partial charge in [-0.15, -0.1) is 0 Å². The van der Waals surface area contributed by atoms with Crippen LogP contribution in [0.25, 0.3) is 0 Å². The number of aryl methyl sites for hydroxylation is 1. The minimum atomic E-state index is -0.0838. The molecule has 20 heavy (non-hydrogen) atoms. The molecule has 0 aliphatic carbocycles. The van der Waals surface area contributed by atoms with Gasteiger partial charge in [0.1, 0.15) is 0 Å². The Kier molecular flexibility index (Phi) is 3.05. The van der Waals surface area contributed by atoms with Crippen LogP contribution in [-0.4, -0.2) is 60.6 Å². The lowest BCUT2D eigenvalue weighted by Gasteiger charge is -2.32. The molecule has 6 nitrogen and oxygen atoms in total. The largest absolute Gasteiger partial charge is 0.381 e. The van der Waals surface area contributed by atoms with Gasteiger partial charge in [0.25, 0.3) is 0 Å². The number of rotatable bonds is 2. The zero-order chi connectivity index (χ0) is 13.6. The Morgan fingerprint density at radius 1 is 1.25 bits per heavy atom. The number of fused-ring (bicyclic) bond motifs is 1. The van der Waals surface area contributed by atoms with Gasteiger partial charge in [-0.2, -0.15) is 4.98 Å². The summed E-state index contributed by atoms with van der Waals surface area (Å²) < 4.78 is 16.7. The number of nitrogens with zero attached hydrogens (tertiary/aromatic N) is 3. The molecule has 1 aromatic heterocycles. The summed E-state index contributed by atoms with van der Waals surface area (Å²) in [5.74, 6) is 1.96. The maximum absolute atomic E-state index is 5.74. The molecule has 1 aromatic rings. The predicted molar refractivity (Wildman–Crippen MR) is 70.4 cm³/mol. The average Bonchev–Trinajstić information content (AvgIpc) is 3.12. The minimum Gasteiger partial charge on any atom is -0.381 e. The van der Waals surface area contributed by atoms with Gasteiger partial charge in [0.15, 0.2) is 5.82 Å². The molecule has 3 saturated heterocycles.